The Morgan fingerprint density at radius 1 is 1.20 bits per heavy atom. The van der Waals surface area contributed by atoms with E-state index in [0.29, 0.717) is 5.92 Å². The number of aromatic nitrogens is 1. The van der Waals surface area contributed by atoms with Gasteiger partial charge in [0.15, 0.2) is 0 Å². The van der Waals surface area contributed by atoms with Crippen molar-refractivity contribution in [2.24, 2.45) is 5.92 Å². The number of likely N-dealkylation sites (N-methyl/N-ethyl adjacent to an activating group) is 1. The van der Waals surface area contributed by atoms with E-state index in [4.69, 9.17) is 0 Å². The van der Waals surface area contributed by atoms with Crippen LogP contribution in [0.15, 0.2) is 36.5 Å². The molecule has 3 nitrogen and oxygen atoms in total. The maximum Gasteiger partial charge on any atom is 0.0705 e. The van der Waals surface area contributed by atoms with E-state index < -0.39 is 0 Å². The Balaban J connectivity index is 1.91. The number of pyridine rings is 1. The highest BCUT2D eigenvalue weighted by atomic mass is 15.1. The third kappa shape index (κ3) is 4.29. The molecule has 1 heterocycles. The van der Waals surface area contributed by atoms with Gasteiger partial charge in [-0.15, -0.1) is 0 Å². The number of fused-ring (bicyclic) bond motifs is 1. The SMILES string of the molecule is CC(C)CNCCN(C)Cc1ccnc2ccccc12. The summed E-state index contributed by atoms with van der Waals surface area (Å²) in [5.41, 5.74) is 2.43. The van der Waals surface area contributed by atoms with Crippen LogP contribution < -0.4 is 5.32 Å². The first-order valence-corrected chi connectivity index (χ1v) is 7.38. The fourth-order valence-corrected chi connectivity index (χ4v) is 2.32. The van der Waals surface area contributed by atoms with E-state index in [1.165, 1.54) is 10.9 Å². The van der Waals surface area contributed by atoms with Gasteiger partial charge in [-0.25, -0.2) is 0 Å². The van der Waals surface area contributed by atoms with Crippen molar-refractivity contribution in [3.8, 4) is 0 Å². The van der Waals surface area contributed by atoms with Crippen LogP contribution in [-0.2, 0) is 6.54 Å². The van der Waals surface area contributed by atoms with Gasteiger partial charge in [-0.1, -0.05) is 32.0 Å². The standard InChI is InChI=1S/C17H25N3/c1-14(2)12-18-10-11-20(3)13-15-8-9-19-17-7-5-4-6-16(15)17/h4-9,14,18H,10-13H2,1-3H3. The summed E-state index contributed by atoms with van der Waals surface area (Å²) in [7, 11) is 2.17. The second-order valence-electron chi connectivity index (χ2n) is 5.82. The number of para-hydroxylation sites is 1. The number of nitrogens with one attached hydrogen (secondary N) is 1. The number of rotatable bonds is 7. The number of hydrogen-bond donors (Lipinski definition) is 1. The largest absolute Gasteiger partial charge is 0.315 e. The quantitative estimate of drug-likeness (QED) is 0.785. The number of benzene rings is 1. The predicted molar refractivity (Wildman–Crippen MR) is 85.8 cm³/mol. The molecule has 2 aromatic rings. The molecule has 0 unspecified atom stereocenters. The number of hydrogen-bond acceptors (Lipinski definition) is 3. The van der Waals surface area contributed by atoms with Crippen molar-refractivity contribution >= 4 is 10.9 Å². The molecule has 0 aliphatic heterocycles. The van der Waals surface area contributed by atoms with E-state index in [2.05, 4.69) is 60.4 Å². The maximum atomic E-state index is 4.41. The van der Waals surface area contributed by atoms with Crippen molar-refractivity contribution in [3.63, 3.8) is 0 Å². The molecule has 2 rings (SSSR count). The van der Waals surface area contributed by atoms with Crippen LogP contribution in [0, 0.1) is 5.92 Å². The van der Waals surface area contributed by atoms with Gasteiger partial charge >= 0.3 is 0 Å². The van der Waals surface area contributed by atoms with E-state index in [9.17, 15) is 0 Å². The van der Waals surface area contributed by atoms with E-state index in [-0.39, 0.29) is 0 Å². The zero-order valence-electron chi connectivity index (χ0n) is 12.8. The first-order valence-electron chi connectivity index (χ1n) is 7.38. The van der Waals surface area contributed by atoms with Crippen molar-refractivity contribution in [1.29, 1.82) is 0 Å². The minimum Gasteiger partial charge on any atom is -0.315 e. The molecule has 1 aromatic heterocycles. The number of nitrogens with zero attached hydrogens (tertiary/aromatic N) is 2. The van der Waals surface area contributed by atoms with Crippen molar-refractivity contribution in [2.75, 3.05) is 26.7 Å². The molecule has 0 aliphatic carbocycles. The Labute approximate surface area is 122 Å². The van der Waals surface area contributed by atoms with Gasteiger partial charge in [0, 0.05) is 31.2 Å². The molecule has 0 spiro atoms. The summed E-state index contributed by atoms with van der Waals surface area (Å²) in [5.74, 6) is 0.712. The molecule has 0 saturated carbocycles. The molecule has 1 aromatic carbocycles. The topological polar surface area (TPSA) is 28.2 Å². The first kappa shape index (κ1) is 14.9. The molecule has 1 N–H and O–H groups in total. The van der Waals surface area contributed by atoms with Crippen LogP contribution in [0.25, 0.3) is 10.9 Å². The second-order valence-corrected chi connectivity index (χ2v) is 5.82. The molecule has 0 amide bonds. The van der Waals surface area contributed by atoms with Crippen molar-refractivity contribution in [3.05, 3.63) is 42.1 Å². The maximum absolute atomic E-state index is 4.41. The molecule has 20 heavy (non-hydrogen) atoms. The molecule has 0 atom stereocenters. The van der Waals surface area contributed by atoms with E-state index in [1.807, 2.05) is 12.3 Å². The van der Waals surface area contributed by atoms with Gasteiger partial charge in [0.25, 0.3) is 0 Å². The Kier molecular flexibility index (Phi) is 5.50. The fraction of sp³-hybridized carbons (Fsp3) is 0.471. The van der Waals surface area contributed by atoms with Gasteiger partial charge in [-0.2, -0.15) is 0 Å². The Bertz CT molecular complexity index is 531. The summed E-state index contributed by atoms with van der Waals surface area (Å²) in [4.78, 5) is 6.77. The summed E-state index contributed by atoms with van der Waals surface area (Å²) in [6.45, 7) is 8.62. The van der Waals surface area contributed by atoms with E-state index >= 15 is 0 Å². The van der Waals surface area contributed by atoms with Crippen molar-refractivity contribution in [2.45, 2.75) is 20.4 Å². The Hall–Kier alpha value is -1.45. The molecule has 0 radical (unpaired) electrons. The molecule has 0 aliphatic rings. The van der Waals surface area contributed by atoms with Crippen molar-refractivity contribution < 1.29 is 0 Å². The molecule has 3 heteroatoms. The van der Waals surface area contributed by atoms with Gasteiger partial charge in [-0.05, 0) is 37.2 Å². The molecule has 0 bridgehead atoms. The van der Waals surface area contributed by atoms with E-state index in [1.54, 1.807) is 0 Å². The smallest absolute Gasteiger partial charge is 0.0705 e. The summed E-state index contributed by atoms with van der Waals surface area (Å²) < 4.78 is 0. The molecule has 108 valence electrons. The lowest BCUT2D eigenvalue weighted by Gasteiger charge is -2.18. The molecule has 0 saturated heterocycles. The van der Waals surface area contributed by atoms with Gasteiger partial charge in [0.05, 0.1) is 5.52 Å². The predicted octanol–water partition coefficient (Wildman–Crippen LogP) is 2.91. The van der Waals surface area contributed by atoms with Crippen LogP contribution in [0.5, 0.6) is 0 Å². The van der Waals surface area contributed by atoms with Crippen LogP contribution in [0.1, 0.15) is 19.4 Å². The van der Waals surface area contributed by atoms with Crippen LogP contribution in [0.3, 0.4) is 0 Å². The average Bonchev–Trinajstić information content (AvgIpc) is 2.44. The van der Waals surface area contributed by atoms with Crippen LogP contribution >= 0.6 is 0 Å². The van der Waals surface area contributed by atoms with Crippen LogP contribution in [-0.4, -0.2) is 36.6 Å². The Morgan fingerprint density at radius 2 is 2.00 bits per heavy atom. The van der Waals surface area contributed by atoms with Gasteiger partial charge in [0.1, 0.15) is 0 Å². The summed E-state index contributed by atoms with van der Waals surface area (Å²) in [6.07, 6.45) is 1.91. The highest BCUT2D eigenvalue weighted by molar-refractivity contribution is 5.81. The van der Waals surface area contributed by atoms with E-state index in [0.717, 1.165) is 31.7 Å². The highest BCUT2D eigenvalue weighted by Gasteiger charge is 2.05. The molecule has 0 fully saturated rings. The lowest BCUT2D eigenvalue weighted by molar-refractivity contribution is 0.322. The summed E-state index contributed by atoms with van der Waals surface area (Å²) >= 11 is 0. The minimum absolute atomic E-state index is 0.712. The monoisotopic (exact) mass is 271 g/mol. The van der Waals surface area contributed by atoms with Crippen LogP contribution in [0.2, 0.25) is 0 Å². The van der Waals surface area contributed by atoms with Crippen LogP contribution in [0.4, 0.5) is 0 Å². The lowest BCUT2D eigenvalue weighted by Crippen LogP contribution is -2.30. The van der Waals surface area contributed by atoms with Gasteiger partial charge in [-0.3, -0.25) is 4.98 Å². The summed E-state index contributed by atoms with van der Waals surface area (Å²) in [5, 5.41) is 4.75. The molecular weight excluding hydrogens is 246 g/mol. The van der Waals surface area contributed by atoms with Gasteiger partial charge in [0.2, 0.25) is 0 Å². The normalized spacial score (nSPS) is 11.7. The van der Waals surface area contributed by atoms with Gasteiger partial charge < -0.3 is 10.2 Å². The highest BCUT2D eigenvalue weighted by Crippen LogP contribution is 2.17. The lowest BCUT2D eigenvalue weighted by atomic mass is 10.1. The molecular formula is C17H25N3. The third-order valence-electron chi connectivity index (χ3n) is 3.40. The Morgan fingerprint density at radius 3 is 2.80 bits per heavy atom. The van der Waals surface area contributed by atoms with Crippen molar-refractivity contribution in [1.82, 2.24) is 15.2 Å². The zero-order valence-corrected chi connectivity index (χ0v) is 12.8. The first-order chi connectivity index (χ1) is 9.66. The third-order valence-corrected chi connectivity index (χ3v) is 3.40. The fourth-order valence-electron chi connectivity index (χ4n) is 2.32. The summed E-state index contributed by atoms with van der Waals surface area (Å²) in [6, 6.07) is 10.5. The average molecular weight is 271 g/mol. The second kappa shape index (κ2) is 7.36. The minimum atomic E-state index is 0.712. The zero-order chi connectivity index (χ0) is 14.4.